The van der Waals surface area contributed by atoms with E-state index >= 15 is 0 Å². The smallest absolute Gasteiger partial charge is 0.229 e. The van der Waals surface area contributed by atoms with Crippen LogP contribution in [-0.2, 0) is 11.2 Å². The van der Waals surface area contributed by atoms with Gasteiger partial charge in [-0.25, -0.2) is 0 Å². The molecule has 2 rings (SSSR count). The number of carbonyl (C=O) groups excluding carboxylic acids is 1. The van der Waals surface area contributed by atoms with E-state index in [0.29, 0.717) is 6.42 Å². The van der Waals surface area contributed by atoms with Gasteiger partial charge in [-0.15, -0.1) is 0 Å². The number of carbonyl (C=O) groups is 1. The van der Waals surface area contributed by atoms with Gasteiger partial charge >= 0.3 is 0 Å². The van der Waals surface area contributed by atoms with E-state index in [-0.39, 0.29) is 5.91 Å². The first-order valence-electron chi connectivity index (χ1n) is 6.24. The van der Waals surface area contributed by atoms with Crippen LogP contribution < -0.4 is 5.32 Å². The summed E-state index contributed by atoms with van der Waals surface area (Å²) in [6, 6.07) is 7.97. The van der Waals surface area contributed by atoms with Crippen LogP contribution in [0.1, 0.15) is 37.3 Å². The third kappa shape index (κ3) is 2.93. The highest BCUT2D eigenvalue weighted by Gasteiger charge is 2.19. The number of nitrogens with one attached hydrogen (secondary N) is 1. The number of rotatable bonds is 4. The van der Waals surface area contributed by atoms with Gasteiger partial charge in [-0.1, -0.05) is 44.0 Å². The molecule has 0 fully saturated rings. The first-order chi connectivity index (χ1) is 8.31. The summed E-state index contributed by atoms with van der Waals surface area (Å²) in [5, 5.41) is 2.86. The first kappa shape index (κ1) is 11.8. The summed E-state index contributed by atoms with van der Waals surface area (Å²) >= 11 is 0. The molecule has 17 heavy (non-hydrogen) atoms. The average molecular weight is 230 g/mol. The monoisotopic (exact) mass is 230 g/mol. The molecule has 0 radical (unpaired) electrons. The molecule has 1 N–H and O–H groups in total. The van der Waals surface area contributed by atoms with Gasteiger partial charge in [0.25, 0.3) is 0 Å². The molecule has 0 saturated carbocycles. The van der Waals surface area contributed by atoms with E-state index in [4.69, 9.17) is 0 Å². The van der Waals surface area contributed by atoms with E-state index in [1.165, 1.54) is 12.8 Å². The van der Waals surface area contributed by atoms with Gasteiger partial charge in [-0.05, 0) is 12.0 Å². The Morgan fingerprint density at radius 1 is 1.29 bits per heavy atom. The predicted octanol–water partition coefficient (Wildman–Crippen LogP) is 2.30. The fourth-order valence-electron chi connectivity index (χ4n) is 2.00. The first-order valence-corrected chi connectivity index (χ1v) is 6.24. The zero-order valence-electron chi connectivity index (χ0n) is 10.2. The maximum Gasteiger partial charge on any atom is 0.229 e. The zero-order chi connectivity index (χ0) is 12.1. The number of hydrogen-bond donors (Lipinski definition) is 1. The lowest BCUT2D eigenvalue weighted by molar-refractivity contribution is -0.119. The molecular formula is C14H18N2O. The third-order valence-corrected chi connectivity index (χ3v) is 2.91. The number of amidine groups is 1. The van der Waals surface area contributed by atoms with E-state index in [1.54, 1.807) is 0 Å². The molecule has 0 atom stereocenters. The van der Waals surface area contributed by atoms with Crippen LogP contribution in [0.3, 0.4) is 0 Å². The second-order valence-electron chi connectivity index (χ2n) is 4.32. The van der Waals surface area contributed by atoms with Crippen molar-refractivity contribution in [3.63, 3.8) is 0 Å². The number of unbranched alkanes of at least 4 members (excludes halogenated alkanes) is 2. The summed E-state index contributed by atoms with van der Waals surface area (Å²) in [6.07, 6.45) is 3.92. The van der Waals surface area contributed by atoms with Crippen molar-refractivity contribution < 1.29 is 4.79 Å². The van der Waals surface area contributed by atoms with Crippen LogP contribution >= 0.6 is 0 Å². The minimum atomic E-state index is 0.0398. The number of nitrogens with zero attached hydrogens (tertiary/aromatic N) is 1. The van der Waals surface area contributed by atoms with Crippen molar-refractivity contribution in [3.05, 3.63) is 35.4 Å². The number of amides is 1. The summed E-state index contributed by atoms with van der Waals surface area (Å²) in [7, 11) is 0. The average Bonchev–Trinajstić information content (AvgIpc) is 2.34. The summed E-state index contributed by atoms with van der Waals surface area (Å²) < 4.78 is 0. The van der Waals surface area contributed by atoms with Crippen molar-refractivity contribution in [1.29, 1.82) is 0 Å². The Morgan fingerprint density at radius 3 is 2.94 bits per heavy atom. The molecule has 3 nitrogen and oxygen atoms in total. The second kappa shape index (κ2) is 5.62. The number of hydrogen-bond acceptors (Lipinski definition) is 2. The lowest BCUT2D eigenvalue weighted by Gasteiger charge is -2.18. The molecule has 1 aliphatic heterocycles. The van der Waals surface area contributed by atoms with E-state index in [2.05, 4.69) is 17.2 Å². The highest BCUT2D eigenvalue weighted by Crippen LogP contribution is 2.14. The molecular weight excluding hydrogens is 212 g/mol. The van der Waals surface area contributed by atoms with Crippen LogP contribution in [0.25, 0.3) is 0 Å². The van der Waals surface area contributed by atoms with Crippen molar-refractivity contribution >= 4 is 11.7 Å². The Hall–Kier alpha value is -1.64. The highest BCUT2D eigenvalue weighted by molar-refractivity contribution is 6.12. The van der Waals surface area contributed by atoms with Crippen molar-refractivity contribution in [2.24, 2.45) is 4.99 Å². The largest absolute Gasteiger partial charge is 0.310 e. The summed E-state index contributed by atoms with van der Waals surface area (Å²) in [6.45, 7) is 2.96. The van der Waals surface area contributed by atoms with Gasteiger partial charge in [0.1, 0.15) is 5.84 Å². The van der Waals surface area contributed by atoms with Crippen LogP contribution in [0.4, 0.5) is 0 Å². The van der Waals surface area contributed by atoms with Gasteiger partial charge in [0, 0.05) is 12.1 Å². The lowest BCUT2D eigenvalue weighted by atomic mass is 10.00. The van der Waals surface area contributed by atoms with Gasteiger partial charge in [0.2, 0.25) is 5.91 Å². The normalized spacial score (nSPS) is 16.8. The van der Waals surface area contributed by atoms with Gasteiger partial charge in [0.05, 0.1) is 6.42 Å². The summed E-state index contributed by atoms with van der Waals surface area (Å²) in [5.41, 5.74) is 2.15. The lowest BCUT2D eigenvalue weighted by Crippen LogP contribution is -2.38. The number of fused-ring (bicyclic) bond motifs is 1. The van der Waals surface area contributed by atoms with Gasteiger partial charge < -0.3 is 5.32 Å². The molecule has 0 aliphatic carbocycles. The van der Waals surface area contributed by atoms with Gasteiger partial charge in [-0.3, -0.25) is 9.79 Å². The molecule has 1 aliphatic rings. The van der Waals surface area contributed by atoms with Crippen molar-refractivity contribution in [1.82, 2.24) is 5.32 Å². The fourth-order valence-corrected chi connectivity index (χ4v) is 2.00. The molecule has 1 aromatic carbocycles. The standard InChI is InChI=1S/C14H18N2O/c1-2-3-6-9-15-14-12-8-5-4-7-11(12)10-13(17)16-14/h4-5,7-8H,2-3,6,9-10H2,1H3,(H,15,16,17). The van der Waals surface area contributed by atoms with Crippen molar-refractivity contribution in [2.45, 2.75) is 32.6 Å². The van der Waals surface area contributed by atoms with Crippen LogP contribution in [0, 0.1) is 0 Å². The Kier molecular flexibility index (Phi) is 3.91. The van der Waals surface area contributed by atoms with Crippen molar-refractivity contribution in [3.8, 4) is 0 Å². The van der Waals surface area contributed by atoms with Crippen LogP contribution in [0.15, 0.2) is 29.3 Å². The predicted molar refractivity (Wildman–Crippen MR) is 69.2 cm³/mol. The third-order valence-electron chi connectivity index (χ3n) is 2.91. The second-order valence-corrected chi connectivity index (χ2v) is 4.32. The summed E-state index contributed by atoms with van der Waals surface area (Å²) in [4.78, 5) is 16.0. The molecule has 0 unspecified atom stereocenters. The van der Waals surface area contributed by atoms with E-state index < -0.39 is 0 Å². The number of benzene rings is 1. The summed E-state index contributed by atoms with van der Waals surface area (Å²) in [5.74, 6) is 0.783. The number of aliphatic imine (C=N–C) groups is 1. The van der Waals surface area contributed by atoms with E-state index in [1.807, 2.05) is 24.3 Å². The molecule has 1 heterocycles. The molecule has 1 amide bonds. The van der Waals surface area contributed by atoms with Crippen molar-refractivity contribution in [2.75, 3.05) is 6.54 Å². The molecule has 3 heteroatoms. The topological polar surface area (TPSA) is 41.5 Å². The van der Waals surface area contributed by atoms with E-state index in [9.17, 15) is 4.79 Å². The minimum Gasteiger partial charge on any atom is -0.310 e. The maximum absolute atomic E-state index is 11.5. The minimum absolute atomic E-state index is 0.0398. The maximum atomic E-state index is 11.5. The van der Waals surface area contributed by atoms with Gasteiger partial charge in [0.15, 0.2) is 0 Å². The zero-order valence-corrected chi connectivity index (χ0v) is 10.2. The Labute approximate surface area is 102 Å². The highest BCUT2D eigenvalue weighted by atomic mass is 16.1. The molecule has 0 aromatic heterocycles. The quantitative estimate of drug-likeness (QED) is 0.792. The van der Waals surface area contributed by atoms with E-state index in [0.717, 1.165) is 29.9 Å². The Balaban J connectivity index is 2.15. The van der Waals surface area contributed by atoms with Crippen LogP contribution in [-0.4, -0.2) is 18.3 Å². The van der Waals surface area contributed by atoms with Crippen LogP contribution in [0.5, 0.6) is 0 Å². The Morgan fingerprint density at radius 2 is 2.12 bits per heavy atom. The molecule has 0 saturated heterocycles. The molecule has 1 aromatic rings. The SMILES string of the molecule is CCCCCN=C1NC(=O)Cc2ccccc21. The molecule has 90 valence electrons. The fraction of sp³-hybridized carbons (Fsp3) is 0.429. The van der Waals surface area contributed by atoms with Gasteiger partial charge in [-0.2, -0.15) is 0 Å². The molecule has 0 spiro atoms. The Bertz CT molecular complexity index is 438. The molecule has 0 bridgehead atoms. The van der Waals surface area contributed by atoms with Crippen LogP contribution in [0.2, 0.25) is 0 Å².